The molecule has 0 aromatic carbocycles. The van der Waals surface area contributed by atoms with Gasteiger partial charge in [-0.1, -0.05) is 0 Å². The van der Waals surface area contributed by atoms with Crippen LogP contribution in [0.4, 0.5) is 0 Å². The molecular weight excluding hydrogens is 334 g/mol. The Bertz CT molecular complexity index is 724. The van der Waals surface area contributed by atoms with E-state index in [-0.39, 0.29) is 5.91 Å². The average Bonchev–Trinajstić information content (AvgIpc) is 3.08. The summed E-state index contributed by atoms with van der Waals surface area (Å²) >= 11 is 1.42. The Morgan fingerprint density at radius 3 is 2.44 bits per heavy atom. The molecule has 0 atom stereocenters. The Morgan fingerprint density at radius 2 is 1.92 bits per heavy atom. The number of carbonyl (C=O) groups is 1. The van der Waals surface area contributed by atoms with Crippen molar-refractivity contribution >= 4 is 17.2 Å². The molecule has 0 aliphatic heterocycles. The molecule has 2 heterocycles. The number of amides is 1. The molecule has 0 radical (unpaired) electrons. The van der Waals surface area contributed by atoms with Gasteiger partial charge in [0.25, 0.3) is 5.91 Å². The summed E-state index contributed by atoms with van der Waals surface area (Å²) in [6.07, 6.45) is 1.66. The Hall–Kier alpha value is -1.73. The SMILES string of the molecule is Cc1nn(C)c(C)c1-c1ncc(C(=O)NCCN(C(C)C)C(C)C)s1. The molecule has 0 saturated carbocycles. The highest BCUT2D eigenvalue weighted by atomic mass is 32.1. The predicted octanol–water partition coefficient (Wildman–Crippen LogP) is 3.01. The lowest BCUT2D eigenvalue weighted by atomic mass is 10.2. The molecule has 0 spiro atoms. The fourth-order valence-corrected chi connectivity index (χ4v) is 4.06. The molecule has 0 fully saturated rings. The zero-order valence-corrected chi connectivity index (χ0v) is 17.1. The molecule has 25 heavy (non-hydrogen) atoms. The highest BCUT2D eigenvalue weighted by Crippen LogP contribution is 2.30. The number of nitrogens with one attached hydrogen (secondary N) is 1. The van der Waals surface area contributed by atoms with Crippen molar-refractivity contribution < 1.29 is 4.79 Å². The van der Waals surface area contributed by atoms with Gasteiger partial charge in [0.1, 0.15) is 9.88 Å². The smallest absolute Gasteiger partial charge is 0.263 e. The van der Waals surface area contributed by atoms with Gasteiger partial charge in [-0.3, -0.25) is 14.4 Å². The third-order valence-corrected chi connectivity index (χ3v) is 5.45. The quantitative estimate of drug-likeness (QED) is 0.821. The van der Waals surface area contributed by atoms with Crippen LogP contribution in [0.15, 0.2) is 6.20 Å². The molecule has 7 heteroatoms. The number of hydrogen-bond donors (Lipinski definition) is 1. The van der Waals surface area contributed by atoms with Gasteiger partial charge in [-0.25, -0.2) is 4.98 Å². The standard InChI is InChI=1S/C18H29N5OS/c1-11(2)23(12(3)4)9-8-19-17(24)15-10-20-18(25-15)16-13(5)21-22(7)14(16)6/h10-12H,8-9H2,1-7H3,(H,19,24). The molecule has 2 aromatic rings. The minimum atomic E-state index is -0.0598. The summed E-state index contributed by atoms with van der Waals surface area (Å²) < 4.78 is 1.85. The second kappa shape index (κ2) is 8.10. The highest BCUT2D eigenvalue weighted by Gasteiger charge is 2.18. The topological polar surface area (TPSA) is 63.1 Å². The number of thiazole rings is 1. The number of aromatic nitrogens is 3. The monoisotopic (exact) mass is 363 g/mol. The molecule has 138 valence electrons. The maximum Gasteiger partial charge on any atom is 0.263 e. The van der Waals surface area contributed by atoms with E-state index in [4.69, 9.17) is 0 Å². The Kier molecular flexibility index (Phi) is 6.35. The Morgan fingerprint density at radius 1 is 1.28 bits per heavy atom. The number of carbonyl (C=O) groups excluding carboxylic acids is 1. The number of hydrogen-bond acceptors (Lipinski definition) is 5. The fourth-order valence-electron chi connectivity index (χ4n) is 3.08. The second-order valence-electron chi connectivity index (χ2n) is 6.88. The molecule has 2 aromatic heterocycles. The third-order valence-electron chi connectivity index (χ3n) is 4.43. The number of aryl methyl sites for hydroxylation is 2. The van der Waals surface area contributed by atoms with Crippen molar-refractivity contribution in [1.29, 1.82) is 0 Å². The van der Waals surface area contributed by atoms with E-state index in [1.54, 1.807) is 6.20 Å². The lowest BCUT2D eigenvalue weighted by molar-refractivity contribution is 0.0943. The summed E-state index contributed by atoms with van der Waals surface area (Å²) in [7, 11) is 1.92. The van der Waals surface area contributed by atoms with Gasteiger partial charge in [-0.2, -0.15) is 5.10 Å². The lowest BCUT2D eigenvalue weighted by Gasteiger charge is -2.30. The molecule has 2 rings (SSSR count). The first kappa shape index (κ1) is 19.6. The fraction of sp³-hybridized carbons (Fsp3) is 0.611. The minimum Gasteiger partial charge on any atom is -0.350 e. The number of rotatable bonds is 7. The van der Waals surface area contributed by atoms with E-state index in [9.17, 15) is 4.79 Å². The molecule has 0 unspecified atom stereocenters. The molecule has 6 nitrogen and oxygen atoms in total. The van der Waals surface area contributed by atoms with E-state index in [1.807, 2.05) is 25.6 Å². The summed E-state index contributed by atoms with van der Waals surface area (Å²) in [5, 5.41) is 8.27. The van der Waals surface area contributed by atoms with E-state index < -0.39 is 0 Å². The molecule has 1 N–H and O–H groups in total. The molecule has 0 aliphatic rings. The summed E-state index contributed by atoms with van der Waals surface area (Å²) in [5.41, 5.74) is 3.02. The van der Waals surface area contributed by atoms with Gasteiger partial charge in [0.05, 0.1) is 17.5 Å². The first-order chi connectivity index (χ1) is 11.7. The Labute approximate surface area is 154 Å². The van der Waals surface area contributed by atoms with Gasteiger partial charge in [-0.15, -0.1) is 11.3 Å². The maximum atomic E-state index is 12.4. The van der Waals surface area contributed by atoms with Gasteiger partial charge in [0, 0.05) is 37.9 Å². The average molecular weight is 364 g/mol. The van der Waals surface area contributed by atoms with Crippen molar-refractivity contribution in [2.45, 2.75) is 53.6 Å². The largest absolute Gasteiger partial charge is 0.350 e. The number of nitrogens with zero attached hydrogens (tertiary/aromatic N) is 4. The van der Waals surface area contributed by atoms with E-state index in [0.717, 1.165) is 28.5 Å². The van der Waals surface area contributed by atoms with Crippen LogP contribution < -0.4 is 5.32 Å². The first-order valence-corrected chi connectivity index (χ1v) is 9.54. The first-order valence-electron chi connectivity index (χ1n) is 8.72. The van der Waals surface area contributed by atoms with Gasteiger partial charge in [0.15, 0.2) is 0 Å². The third kappa shape index (κ3) is 4.46. The summed E-state index contributed by atoms with van der Waals surface area (Å²) in [6, 6.07) is 0.923. The zero-order chi connectivity index (χ0) is 18.7. The van der Waals surface area contributed by atoms with Crippen LogP contribution in [0.1, 0.15) is 48.8 Å². The summed E-state index contributed by atoms with van der Waals surface area (Å²) in [6.45, 7) is 14.2. The van der Waals surface area contributed by atoms with Crippen LogP contribution in [0.3, 0.4) is 0 Å². The van der Waals surface area contributed by atoms with Crippen molar-refractivity contribution in [1.82, 2.24) is 25.0 Å². The van der Waals surface area contributed by atoms with Crippen LogP contribution in [0.2, 0.25) is 0 Å². The van der Waals surface area contributed by atoms with Gasteiger partial charge in [-0.05, 0) is 41.5 Å². The van der Waals surface area contributed by atoms with Crippen LogP contribution >= 0.6 is 11.3 Å². The lowest BCUT2D eigenvalue weighted by Crippen LogP contribution is -2.42. The Balaban J connectivity index is 2.01. The van der Waals surface area contributed by atoms with Crippen LogP contribution in [0.25, 0.3) is 10.6 Å². The van der Waals surface area contributed by atoms with E-state index in [1.165, 1.54) is 11.3 Å². The molecule has 1 amide bonds. The van der Waals surface area contributed by atoms with Crippen molar-refractivity contribution in [2.24, 2.45) is 7.05 Å². The maximum absolute atomic E-state index is 12.4. The molecule has 0 aliphatic carbocycles. The van der Waals surface area contributed by atoms with Crippen molar-refractivity contribution in [3.63, 3.8) is 0 Å². The summed E-state index contributed by atoms with van der Waals surface area (Å²) in [5.74, 6) is -0.0598. The van der Waals surface area contributed by atoms with Crippen LogP contribution in [-0.4, -0.2) is 50.7 Å². The second-order valence-corrected chi connectivity index (χ2v) is 7.91. The van der Waals surface area contributed by atoms with Crippen LogP contribution in [0.5, 0.6) is 0 Å². The van der Waals surface area contributed by atoms with Crippen molar-refractivity contribution in [3.05, 3.63) is 22.5 Å². The highest BCUT2D eigenvalue weighted by molar-refractivity contribution is 7.16. The molecule has 0 bridgehead atoms. The van der Waals surface area contributed by atoms with Crippen LogP contribution in [-0.2, 0) is 7.05 Å². The van der Waals surface area contributed by atoms with E-state index in [0.29, 0.717) is 23.5 Å². The van der Waals surface area contributed by atoms with Gasteiger partial charge < -0.3 is 5.32 Å². The molecule has 0 saturated heterocycles. The van der Waals surface area contributed by atoms with Crippen molar-refractivity contribution in [3.8, 4) is 10.6 Å². The van der Waals surface area contributed by atoms with Crippen molar-refractivity contribution in [2.75, 3.05) is 13.1 Å². The van der Waals surface area contributed by atoms with E-state index in [2.05, 4.69) is 48.0 Å². The van der Waals surface area contributed by atoms with Gasteiger partial charge in [0.2, 0.25) is 0 Å². The minimum absolute atomic E-state index is 0.0598. The normalized spacial score (nSPS) is 11.8. The predicted molar refractivity (Wildman–Crippen MR) is 103 cm³/mol. The zero-order valence-electron chi connectivity index (χ0n) is 16.3. The molecular formula is C18H29N5OS. The van der Waals surface area contributed by atoms with E-state index >= 15 is 0 Å². The van der Waals surface area contributed by atoms with Gasteiger partial charge >= 0.3 is 0 Å². The summed E-state index contributed by atoms with van der Waals surface area (Å²) in [4.78, 5) is 19.8. The van der Waals surface area contributed by atoms with Crippen LogP contribution in [0, 0.1) is 13.8 Å².